The van der Waals surface area contributed by atoms with E-state index in [0.29, 0.717) is 0 Å². The van der Waals surface area contributed by atoms with Crippen LogP contribution >= 0.6 is 11.3 Å². The van der Waals surface area contributed by atoms with Gasteiger partial charge >= 0.3 is 0 Å². The molecule has 0 unspecified atom stereocenters. The summed E-state index contributed by atoms with van der Waals surface area (Å²) in [5, 5.41) is 15.4. The lowest BCUT2D eigenvalue weighted by Crippen LogP contribution is -1.98. The van der Waals surface area contributed by atoms with Crippen molar-refractivity contribution in [2.45, 2.75) is 0 Å². The highest BCUT2D eigenvalue weighted by molar-refractivity contribution is 7.13. The number of hydrogen-bond donors (Lipinski definition) is 3. The fraction of sp³-hybridized carbons (Fsp3) is 0. The van der Waals surface area contributed by atoms with Gasteiger partial charge in [0.15, 0.2) is 0 Å². The van der Waals surface area contributed by atoms with Crippen molar-refractivity contribution in [3.8, 4) is 33.0 Å². The van der Waals surface area contributed by atoms with E-state index in [1.54, 1.807) is 11.3 Å². The number of hydrogen-bond acceptors (Lipinski definition) is 5. The zero-order chi connectivity index (χ0) is 25.5. The first kappa shape index (κ1) is 22.2. The van der Waals surface area contributed by atoms with Crippen molar-refractivity contribution in [2.75, 3.05) is 5.32 Å². The van der Waals surface area contributed by atoms with Crippen LogP contribution in [-0.4, -0.2) is 25.1 Å². The van der Waals surface area contributed by atoms with Crippen LogP contribution in [0.15, 0.2) is 109 Å². The van der Waals surface area contributed by atoms with Crippen LogP contribution in [0.1, 0.15) is 5.56 Å². The molecule has 0 aliphatic heterocycles. The number of fused-ring (bicyclic) bond motifs is 2. The lowest BCUT2D eigenvalue weighted by atomic mass is 10.0. The van der Waals surface area contributed by atoms with Gasteiger partial charge in [-0.15, -0.1) is 11.3 Å². The van der Waals surface area contributed by atoms with Gasteiger partial charge in [-0.3, -0.25) is 10.1 Å². The Bertz CT molecular complexity index is 1920. The Morgan fingerprint density at radius 3 is 2.66 bits per heavy atom. The standard InChI is InChI=1S/C31H22N6S/c1-19(20-6-3-2-4-7-20)34-23-14-22(17-32-18-23)21-9-10-27-26(15-21)30(37-36-27)28-16-25-24(29-8-5-13-38-29)11-12-33-31(25)35-28/h2-18,34H,1H2,(H,33,35)(H,36,37). The molecule has 38 heavy (non-hydrogen) atoms. The molecule has 0 radical (unpaired) electrons. The summed E-state index contributed by atoms with van der Waals surface area (Å²) >= 11 is 1.72. The summed E-state index contributed by atoms with van der Waals surface area (Å²) in [6, 6.07) is 26.8. The second-order valence-corrected chi connectivity index (χ2v) is 9.99. The van der Waals surface area contributed by atoms with Crippen LogP contribution in [-0.2, 0) is 0 Å². The number of H-pyrrole nitrogens is 2. The maximum Gasteiger partial charge on any atom is 0.138 e. The van der Waals surface area contributed by atoms with Crippen LogP contribution in [0, 0.1) is 0 Å². The summed E-state index contributed by atoms with van der Waals surface area (Å²) in [6.45, 7) is 4.18. The number of aromatic amines is 2. The summed E-state index contributed by atoms with van der Waals surface area (Å²) in [6.07, 6.45) is 5.53. The van der Waals surface area contributed by atoms with Gasteiger partial charge in [-0.25, -0.2) is 4.98 Å². The minimum Gasteiger partial charge on any atom is -0.354 e. The molecule has 2 aromatic carbocycles. The molecule has 6 nitrogen and oxygen atoms in total. The number of rotatable bonds is 6. The molecule has 7 rings (SSSR count). The largest absolute Gasteiger partial charge is 0.354 e. The molecule has 0 bridgehead atoms. The van der Waals surface area contributed by atoms with Crippen molar-refractivity contribution >= 4 is 44.7 Å². The highest BCUT2D eigenvalue weighted by Gasteiger charge is 2.15. The van der Waals surface area contributed by atoms with Gasteiger partial charge in [-0.1, -0.05) is 49.0 Å². The van der Waals surface area contributed by atoms with Crippen LogP contribution < -0.4 is 5.32 Å². The normalized spacial score (nSPS) is 11.3. The summed E-state index contributed by atoms with van der Waals surface area (Å²) in [4.78, 5) is 13.7. The van der Waals surface area contributed by atoms with E-state index in [1.165, 1.54) is 10.4 Å². The Morgan fingerprint density at radius 1 is 0.868 bits per heavy atom. The van der Waals surface area contributed by atoms with Crippen LogP contribution in [0.3, 0.4) is 0 Å². The monoisotopic (exact) mass is 510 g/mol. The van der Waals surface area contributed by atoms with Gasteiger partial charge in [0.2, 0.25) is 0 Å². The van der Waals surface area contributed by atoms with Crippen molar-refractivity contribution in [1.82, 2.24) is 25.1 Å². The van der Waals surface area contributed by atoms with E-state index in [-0.39, 0.29) is 0 Å². The number of benzene rings is 2. The van der Waals surface area contributed by atoms with Gasteiger partial charge in [-0.05, 0) is 52.9 Å². The first-order chi connectivity index (χ1) is 18.7. The zero-order valence-corrected chi connectivity index (χ0v) is 21.1. The molecule has 0 saturated carbocycles. The molecule has 5 heterocycles. The maximum absolute atomic E-state index is 4.66. The summed E-state index contributed by atoms with van der Waals surface area (Å²) in [5.74, 6) is 0. The van der Waals surface area contributed by atoms with E-state index in [9.17, 15) is 0 Å². The number of pyridine rings is 2. The molecule has 182 valence electrons. The molecule has 0 atom stereocenters. The van der Waals surface area contributed by atoms with E-state index in [4.69, 9.17) is 0 Å². The molecule has 7 heteroatoms. The zero-order valence-electron chi connectivity index (χ0n) is 20.3. The van der Waals surface area contributed by atoms with Crippen LogP contribution in [0.4, 0.5) is 5.69 Å². The molecule has 0 spiro atoms. The SMILES string of the molecule is C=C(Nc1cncc(-c2ccc3[nH]nc(-c4cc5c(-c6cccs6)ccnc5[nH]4)c3c2)c1)c1ccccc1. The van der Waals surface area contributed by atoms with Gasteiger partial charge in [0.25, 0.3) is 0 Å². The van der Waals surface area contributed by atoms with Crippen molar-refractivity contribution in [1.29, 1.82) is 0 Å². The smallest absolute Gasteiger partial charge is 0.138 e. The molecular formula is C31H22N6S. The van der Waals surface area contributed by atoms with Gasteiger partial charge < -0.3 is 10.3 Å². The van der Waals surface area contributed by atoms with Crippen LogP contribution in [0.25, 0.3) is 60.6 Å². The van der Waals surface area contributed by atoms with Crippen LogP contribution in [0.2, 0.25) is 0 Å². The van der Waals surface area contributed by atoms with E-state index in [1.807, 2.05) is 48.9 Å². The van der Waals surface area contributed by atoms with Gasteiger partial charge in [0, 0.05) is 44.9 Å². The van der Waals surface area contributed by atoms with E-state index in [2.05, 4.69) is 91.0 Å². The molecule has 0 amide bonds. The van der Waals surface area contributed by atoms with E-state index >= 15 is 0 Å². The lowest BCUT2D eigenvalue weighted by molar-refractivity contribution is 1.12. The quantitative estimate of drug-likeness (QED) is 0.212. The Labute approximate surface area is 222 Å². The Morgan fingerprint density at radius 2 is 1.79 bits per heavy atom. The molecule has 0 aliphatic rings. The van der Waals surface area contributed by atoms with Crippen molar-refractivity contribution < 1.29 is 0 Å². The number of anilines is 1. The second kappa shape index (κ2) is 9.14. The molecule has 0 aliphatic carbocycles. The lowest BCUT2D eigenvalue weighted by Gasteiger charge is -2.11. The second-order valence-electron chi connectivity index (χ2n) is 9.05. The highest BCUT2D eigenvalue weighted by Crippen LogP contribution is 2.36. The average molecular weight is 511 g/mol. The first-order valence-corrected chi connectivity index (χ1v) is 13.1. The third-order valence-corrected chi connectivity index (χ3v) is 7.53. The minimum absolute atomic E-state index is 0.825. The fourth-order valence-corrected chi connectivity index (χ4v) is 5.52. The van der Waals surface area contributed by atoms with Gasteiger partial charge in [0.1, 0.15) is 11.3 Å². The maximum atomic E-state index is 4.66. The van der Waals surface area contributed by atoms with Crippen molar-refractivity contribution in [3.63, 3.8) is 0 Å². The molecule has 7 aromatic rings. The average Bonchev–Trinajstić information content (AvgIpc) is 3.73. The third kappa shape index (κ3) is 3.95. The topological polar surface area (TPSA) is 82.3 Å². The molecule has 0 saturated heterocycles. The number of nitrogens with zero attached hydrogens (tertiary/aromatic N) is 3. The fourth-order valence-electron chi connectivity index (χ4n) is 4.75. The first-order valence-electron chi connectivity index (χ1n) is 12.2. The summed E-state index contributed by atoms with van der Waals surface area (Å²) in [5.41, 5.74) is 9.56. The molecular weight excluding hydrogens is 488 g/mol. The van der Waals surface area contributed by atoms with Crippen molar-refractivity contribution in [3.05, 3.63) is 115 Å². The Balaban J connectivity index is 1.25. The molecule has 0 fully saturated rings. The van der Waals surface area contributed by atoms with Gasteiger partial charge in [-0.2, -0.15) is 5.10 Å². The third-order valence-electron chi connectivity index (χ3n) is 6.63. The number of thiophene rings is 1. The summed E-state index contributed by atoms with van der Waals surface area (Å²) in [7, 11) is 0. The summed E-state index contributed by atoms with van der Waals surface area (Å²) < 4.78 is 0. The van der Waals surface area contributed by atoms with Crippen molar-refractivity contribution in [2.24, 2.45) is 0 Å². The van der Waals surface area contributed by atoms with Crippen LogP contribution in [0.5, 0.6) is 0 Å². The van der Waals surface area contributed by atoms with E-state index in [0.717, 1.165) is 61.4 Å². The number of aromatic nitrogens is 5. The molecule has 3 N–H and O–H groups in total. The predicted octanol–water partition coefficient (Wildman–Crippen LogP) is 7.98. The Hall–Kier alpha value is -5.01. The predicted molar refractivity (Wildman–Crippen MR) is 157 cm³/mol. The Kier molecular flexibility index (Phi) is 5.34. The molecule has 5 aromatic heterocycles. The van der Waals surface area contributed by atoms with Gasteiger partial charge in [0.05, 0.1) is 23.1 Å². The number of nitrogens with one attached hydrogen (secondary N) is 3. The minimum atomic E-state index is 0.825. The highest BCUT2D eigenvalue weighted by atomic mass is 32.1. The van der Waals surface area contributed by atoms with E-state index < -0.39 is 0 Å².